The van der Waals surface area contributed by atoms with Gasteiger partial charge in [0.1, 0.15) is 5.75 Å². The summed E-state index contributed by atoms with van der Waals surface area (Å²) in [6, 6.07) is 14.9. The molecule has 5 heteroatoms. The molecule has 0 fully saturated rings. The van der Waals surface area contributed by atoms with Crippen LogP contribution in [0.2, 0.25) is 0 Å². The molecule has 2 aromatic carbocycles. The maximum absolute atomic E-state index is 12.3. The SMILES string of the molecule is COc1ccc(C(=O)Sc2nc3ccccc3n2C)cc1. The molecule has 3 rings (SSSR count). The molecular formula is C16H14N2O2S. The number of hydrogen-bond donors (Lipinski definition) is 0. The van der Waals surface area contributed by atoms with Crippen LogP contribution in [-0.4, -0.2) is 21.8 Å². The maximum Gasteiger partial charge on any atom is 0.227 e. The summed E-state index contributed by atoms with van der Waals surface area (Å²) in [5.41, 5.74) is 2.54. The van der Waals surface area contributed by atoms with Crippen LogP contribution in [0.1, 0.15) is 10.4 Å². The molecule has 0 aliphatic heterocycles. The molecule has 0 amide bonds. The highest BCUT2D eigenvalue weighted by atomic mass is 32.2. The number of aromatic nitrogens is 2. The number of carbonyl (C=O) groups is 1. The number of methoxy groups -OCH3 is 1. The minimum absolute atomic E-state index is 0.0314. The number of para-hydroxylation sites is 2. The number of nitrogens with zero attached hydrogens (tertiary/aromatic N) is 2. The second-order valence-electron chi connectivity index (χ2n) is 4.56. The first-order valence-electron chi connectivity index (χ1n) is 6.47. The molecule has 1 aromatic heterocycles. The van der Waals surface area contributed by atoms with Gasteiger partial charge in [-0.2, -0.15) is 0 Å². The van der Waals surface area contributed by atoms with E-state index in [0.717, 1.165) is 28.5 Å². The van der Waals surface area contributed by atoms with E-state index in [4.69, 9.17) is 4.74 Å². The number of thioether (sulfide) groups is 1. The number of carbonyl (C=O) groups excluding carboxylic acids is 1. The highest BCUT2D eigenvalue weighted by Crippen LogP contribution is 2.26. The van der Waals surface area contributed by atoms with E-state index >= 15 is 0 Å². The topological polar surface area (TPSA) is 44.1 Å². The Hall–Kier alpha value is -2.27. The zero-order valence-electron chi connectivity index (χ0n) is 11.7. The summed E-state index contributed by atoms with van der Waals surface area (Å²) >= 11 is 1.13. The Morgan fingerprint density at radius 2 is 1.86 bits per heavy atom. The second-order valence-corrected chi connectivity index (χ2v) is 5.50. The number of hydrogen-bond acceptors (Lipinski definition) is 4. The van der Waals surface area contributed by atoms with Gasteiger partial charge in [0.05, 0.1) is 18.1 Å². The van der Waals surface area contributed by atoms with Crippen LogP contribution in [0.15, 0.2) is 53.7 Å². The van der Waals surface area contributed by atoms with Gasteiger partial charge in [-0.15, -0.1) is 0 Å². The average molecular weight is 298 g/mol. The Kier molecular flexibility index (Phi) is 3.66. The first-order chi connectivity index (χ1) is 10.2. The zero-order valence-corrected chi connectivity index (χ0v) is 12.6. The van der Waals surface area contributed by atoms with Gasteiger partial charge in [0.15, 0.2) is 5.16 Å². The summed E-state index contributed by atoms with van der Waals surface area (Å²) < 4.78 is 7.02. The number of benzene rings is 2. The van der Waals surface area contributed by atoms with Crippen LogP contribution in [0.25, 0.3) is 11.0 Å². The molecule has 0 aliphatic rings. The molecule has 3 aromatic rings. The molecule has 0 unspecified atom stereocenters. The Labute approximate surface area is 126 Å². The van der Waals surface area contributed by atoms with E-state index in [2.05, 4.69) is 4.98 Å². The molecule has 0 N–H and O–H groups in total. The van der Waals surface area contributed by atoms with Crippen LogP contribution in [0.4, 0.5) is 0 Å². The lowest BCUT2D eigenvalue weighted by molar-refractivity contribution is 0.108. The zero-order chi connectivity index (χ0) is 14.8. The number of fused-ring (bicyclic) bond motifs is 1. The molecule has 0 atom stereocenters. The van der Waals surface area contributed by atoms with Gasteiger partial charge in [0, 0.05) is 12.6 Å². The second kappa shape index (κ2) is 5.61. The molecule has 1 heterocycles. The van der Waals surface area contributed by atoms with Crippen LogP contribution in [0, 0.1) is 0 Å². The summed E-state index contributed by atoms with van der Waals surface area (Å²) in [6.45, 7) is 0. The predicted molar refractivity (Wildman–Crippen MR) is 83.9 cm³/mol. The molecule has 0 saturated carbocycles. The van der Waals surface area contributed by atoms with Gasteiger partial charge in [-0.05, 0) is 48.2 Å². The predicted octanol–water partition coefficient (Wildman–Crippen LogP) is 3.51. The van der Waals surface area contributed by atoms with Crippen molar-refractivity contribution in [2.24, 2.45) is 7.05 Å². The van der Waals surface area contributed by atoms with Crippen LogP contribution in [-0.2, 0) is 7.05 Å². The minimum atomic E-state index is -0.0314. The lowest BCUT2D eigenvalue weighted by Gasteiger charge is -2.03. The molecule has 0 aliphatic carbocycles. The van der Waals surface area contributed by atoms with Gasteiger partial charge >= 0.3 is 0 Å². The van der Waals surface area contributed by atoms with E-state index in [0.29, 0.717) is 10.7 Å². The monoisotopic (exact) mass is 298 g/mol. The van der Waals surface area contributed by atoms with E-state index in [-0.39, 0.29) is 5.12 Å². The first kappa shape index (κ1) is 13.7. The lowest BCUT2D eigenvalue weighted by atomic mass is 10.2. The number of aryl methyl sites for hydroxylation is 1. The van der Waals surface area contributed by atoms with E-state index in [9.17, 15) is 4.79 Å². The number of imidazole rings is 1. The van der Waals surface area contributed by atoms with Crippen LogP contribution < -0.4 is 4.74 Å². The van der Waals surface area contributed by atoms with Crippen molar-refractivity contribution >= 4 is 27.9 Å². The molecule has 0 bridgehead atoms. The third-order valence-electron chi connectivity index (χ3n) is 3.26. The average Bonchev–Trinajstić information content (AvgIpc) is 2.84. The fourth-order valence-corrected chi connectivity index (χ4v) is 2.88. The van der Waals surface area contributed by atoms with Gasteiger partial charge in [-0.25, -0.2) is 4.98 Å². The van der Waals surface area contributed by atoms with Crippen molar-refractivity contribution in [1.29, 1.82) is 0 Å². The summed E-state index contributed by atoms with van der Waals surface area (Å²) in [5.74, 6) is 0.735. The molecule has 106 valence electrons. The Balaban J connectivity index is 1.87. The Bertz CT molecular complexity index is 794. The molecule has 0 saturated heterocycles. The van der Waals surface area contributed by atoms with E-state index in [1.165, 1.54) is 0 Å². The van der Waals surface area contributed by atoms with Crippen molar-refractivity contribution < 1.29 is 9.53 Å². The van der Waals surface area contributed by atoms with Crippen molar-refractivity contribution in [2.45, 2.75) is 5.16 Å². The maximum atomic E-state index is 12.3. The van der Waals surface area contributed by atoms with Gasteiger partial charge in [0.2, 0.25) is 5.12 Å². The summed E-state index contributed by atoms with van der Waals surface area (Å²) in [6.07, 6.45) is 0. The van der Waals surface area contributed by atoms with Gasteiger partial charge in [-0.1, -0.05) is 12.1 Å². The largest absolute Gasteiger partial charge is 0.497 e. The summed E-state index contributed by atoms with van der Waals surface area (Å²) in [7, 11) is 3.52. The van der Waals surface area contributed by atoms with Crippen LogP contribution in [0.3, 0.4) is 0 Å². The summed E-state index contributed by atoms with van der Waals surface area (Å²) in [4.78, 5) is 16.8. The number of ether oxygens (including phenoxy) is 1. The highest BCUT2D eigenvalue weighted by molar-refractivity contribution is 8.14. The molecule has 21 heavy (non-hydrogen) atoms. The van der Waals surface area contributed by atoms with E-state index < -0.39 is 0 Å². The highest BCUT2D eigenvalue weighted by Gasteiger charge is 2.14. The van der Waals surface area contributed by atoms with Crippen LogP contribution in [0.5, 0.6) is 5.75 Å². The molecular weight excluding hydrogens is 284 g/mol. The van der Waals surface area contributed by atoms with E-state index in [1.807, 2.05) is 35.9 Å². The van der Waals surface area contributed by atoms with Crippen molar-refractivity contribution in [1.82, 2.24) is 9.55 Å². The van der Waals surface area contributed by atoms with Crippen LogP contribution >= 0.6 is 11.8 Å². The Morgan fingerprint density at radius 1 is 1.14 bits per heavy atom. The van der Waals surface area contributed by atoms with Gasteiger partial charge < -0.3 is 9.30 Å². The molecule has 4 nitrogen and oxygen atoms in total. The first-order valence-corrected chi connectivity index (χ1v) is 7.28. The third kappa shape index (κ3) is 2.64. The standard InChI is InChI=1S/C16H14N2O2S/c1-18-14-6-4-3-5-13(14)17-16(18)21-15(19)11-7-9-12(20-2)10-8-11/h3-10H,1-2H3. The van der Waals surface area contributed by atoms with Gasteiger partial charge in [0.25, 0.3) is 0 Å². The smallest absolute Gasteiger partial charge is 0.227 e. The fourth-order valence-electron chi connectivity index (χ4n) is 2.08. The van der Waals surface area contributed by atoms with E-state index in [1.54, 1.807) is 31.4 Å². The summed E-state index contributed by atoms with van der Waals surface area (Å²) in [5, 5.41) is 0.660. The van der Waals surface area contributed by atoms with Crippen molar-refractivity contribution in [3.05, 3.63) is 54.1 Å². The third-order valence-corrected chi connectivity index (χ3v) is 4.22. The molecule has 0 radical (unpaired) electrons. The van der Waals surface area contributed by atoms with Gasteiger partial charge in [-0.3, -0.25) is 4.79 Å². The minimum Gasteiger partial charge on any atom is -0.497 e. The normalized spacial score (nSPS) is 10.8. The molecule has 0 spiro atoms. The fraction of sp³-hybridized carbons (Fsp3) is 0.125. The Morgan fingerprint density at radius 3 is 2.52 bits per heavy atom. The number of rotatable bonds is 3. The quantitative estimate of drug-likeness (QED) is 0.694. The lowest BCUT2D eigenvalue weighted by Crippen LogP contribution is -1.97. The van der Waals surface area contributed by atoms with Crippen molar-refractivity contribution in [3.63, 3.8) is 0 Å². The van der Waals surface area contributed by atoms with Crippen molar-refractivity contribution in [3.8, 4) is 5.75 Å². The van der Waals surface area contributed by atoms with Crippen molar-refractivity contribution in [2.75, 3.05) is 7.11 Å².